The Balaban J connectivity index is 1.70. The van der Waals surface area contributed by atoms with E-state index in [1.54, 1.807) is 6.07 Å². The van der Waals surface area contributed by atoms with Crippen molar-refractivity contribution in [1.29, 1.82) is 0 Å². The number of benzene rings is 1. The smallest absolute Gasteiger partial charge is 0.268 e. The van der Waals surface area contributed by atoms with Crippen molar-refractivity contribution in [2.45, 2.75) is 6.42 Å². The molecule has 1 saturated heterocycles. The number of rotatable bonds is 4. The molecule has 5 nitrogen and oxygen atoms in total. The second kappa shape index (κ2) is 6.64. The van der Waals surface area contributed by atoms with Crippen molar-refractivity contribution in [2.24, 2.45) is 5.92 Å². The Labute approximate surface area is 149 Å². The summed E-state index contributed by atoms with van der Waals surface area (Å²) in [7, 11) is -2.91. The van der Waals surface area contributed by atoms with Crippen LogP contribution in [0.2, 0.25) is 0 Å². The van der Waals surface area contributed by atoms with Gasteiger partial charge >= 0.3 is 0 Å². The number of hydrogen-bond acceptors (Lipinski definition) is 3. The number of sulfone groups is 1. The van der Waals surface area contributed by atoms with Crippen LogP contribution < -0.4 is 5.32 Å². The lowest BCUT2D eigenvalue weighted by Gasteiger charge is -2.12. The number of hydrogen-bond donors (Lipinski definition) is 1. The minimum atomic E-state index is -2.91. The van der Waals surface area contributed by atoms with E-state index in [9.17, 15) is 13.2 Å². The normalized spacial score (nSPS) is 19.6. The summed E-state index contributed by atoms with van der Waals surface area (Å²) in [5.41, 5.74) is 1.48. The highest BCUT2D eigenvalue weighted by atomic mass is 127. The average Bonchev–Trinajstić information content (AvgIpc) is 3.11. The van der Waals surface area contributed by atoms with Crippen LogP contribution in [-0.2, 0) is 9.84 Å². The molecule has 1 atom stereocenters. The van der Waals surface area contributed by atoms with Gasteiger partial charge in [0.25, 0.3) is 5.91 Å². The maximum atomic E-state index is 12.4. The molecule has 1 aliphatic heterocycles. The van der Waals surface area contributed by atoms with Gasteiger partial charge in [0, 0.05) is 22.0 Å². The minimum absolute atomic E-state index is 0.0186. The molecule has 3 rings (SSSR count). The van der Waals surface area contributed by atoms with Crippen LogP contribution >= 0.6 is 22.6 Å². The molecule has 0 aliphatic carbocycles. The zero-order valence-electron chi connectivity index (χ0n) is 12.4. The van der Waals surface area contributed by atoms with Gasteiger partial charge in [0.1, 0.15) is 5.69 Å². The lowest BCUT2D eigenvalue weighted by Crippen LogP contribution is -2.31. The van der Waals surface area contributed by atoms with E-state index in [4.69, 9.17) is 0 Å². The molecule has 1 fully saturated rings. The van der Waals surface area contributed by atoms with E-state index >= 15 is 0 Å². The summed E-state index contributed by atoms with van der Waals surface area (Å²) < 4.78 is 25.9. The van der Waals surface area contributed by atoms with Gasteiger partial charge < -0.3 is 9.88 Å². The van der Waals surface area contributed by atoms with Crippen molar-refractivity contribution in [3.8, 4) is 5.69 Å². The van der Waals surface area contributed by atoms with Crippen molar-refractivity contribution >= 4 is 38.3 Å². The molecule has 23 heavy (non-hydrogen) atoms. The van der Waals surface area contributed by atoms with Gasteiger partial charge in [-0.15, -0.1) is 0 Å². The largest absolute Gasteiger partial charge is 0.350 e. The third-order valence-electron chi connectivity index (χ3n) is 3.95. The second-order valence-corrected chi connectivity index (χ2v) is 9.20. The first-order valence-corrected chi connectivity index (χ1v) is 10.3. The Morgan fingerprint density at radius 3 is 2.83 bits per heavy atom. The first-order chi connectivity index (χ1) is 10.9. The maximum Gasteiger partial charge on any atom is 0.268 e. The minimum Gasteiger partial charge on any atom is -0.350 e. The second-order valence-electron chi connectivity index (χ2n) is 5.72. The van der Waals surface area contributed by atoms with Crippen molar-refractivity contribution in [3.05, 3.63) is 51.9 Å². The van der Waals surface area contributed by atoms with Crippen LogP contribution in [0.1, 0.15) is 16.9 Å². The molecule has 1 aromatic heterocycles. The number of carbonyl (C=O) groups excluding carboxylic acids is 1. The molecule has 2 heterocycles. The van der Waals surface area contributed by atoms with Crippen LogP contribution in [0.25, 0.3) is 5.69 Å². The summed E-state index contributed by atoms with van der Waals surface area (Å²) in [5, 5.41) is 2.86. The summed E-state index contributed by atoms with van der Waals surface area (Å²) in [4.78, 5) is 12.4. The van der Waals surface area contributed by atoms with Gasteiger partial charge in [-0.1, -0.05) is 6.07 Å². The Kier molecular flexibility index (Phi) is 4.77. The standard InChI is InChI=1S/C16H17IN2O3S/c17-13-3-1-4-14(9-13)19-7-2-5-15(19)16(20)18-10-12-6-8-23(21,22)11-12/h1-5,7,9,12H,6,8,10-11H2,(H,18,20). The summed E-state index contributed by atoms with van der Waals surface area (Å²) in [6.07, 6.45) is 2.47. The quantitative estimate of drug-likeness (QED) is 0.736. The molecule has 1 amide bonds. The van der Waals surface area contributed by atoms with Crippen LogP contribution in [-0.4, -0.2) is 36.9 Å². The summed E-state index contributed by atoms with van der Waals surface area (Å²) in [5.74, 6) is 0.237. The molecule has 2 aromatic rings. The van der Waals surface area contributed by atoms with Crippen LogP contribution in [0.3, 0.4) is 0 Å². The fraction of sp³-hybridized carbons (Fsp3) is 0.312. The Morgan fingerprint density at radius 2 is 2.13 bits per heavy atom. The number of carbonyl (C=O) groups is 1. The van der Waals surface area contributed by atoms with Crippen molar-refractivity contribution in [3.63, 3.8) is 0 Å². The van der Waals surface area contributed by atoms with Gasteiger partial charge in [0.2, 0.25) is 0 Å². The monoisotopic (exact) mass is 444 g/mol. The molecule has 122 valence electrons. The number of aromatic nitrogens is 1. The van der Waals surface area contributed by atoms with Gasteiger partial charge in [-0.25, -0.2) is 8.42 Å². The molecule has 1 aliphatic rings. The van der Waals surface area contributed by atoms with Crippen molar-refractivity contribution in [1.82, 2.24) is 9.88 Å². The first kappa shape index (κ1) is 16.5. The summed E-state index contributed by atoms with van der Waals surface area (Å²) in [6, 6.07) is 11.5. The summed E-state index contributed by atoms with van der Waals surface area (Å²) in [6.45, 7) is 0.398. The fourth-order valence-corrected chi connectivity index (χ4v) is 5.17. The summed E-state index contributed by atoms with van der Waals surface area (Å²) >= 11 is 2.23. The first-order valence-electron chi connectivity index (χ1n) is 7.36. The third-order valence-corrected chi connectivity index (χ3v) is 6.45. The highest BCUT2D eigenvalue weighted by Crippen LogP contribution is 2.18. The van der Waals surface area contributed by atoms with E-state index in [-0.39, 0.29) is 23.3 Å². The van der Waals surface area contributed by atoms with Gasteiger partial charge in [-0.3, -0.25) is 4.79 Å². The Bertz CT molecular complexity index is 829. The lowest BCUT2D eigenvalue weighted by atomic mass is 10.1. The van der Waals surface area contributed by atoms with Gasteiger partial charge in [0.05, 0.1) is 11.5 Å². The molecule has 0 bridgehead atoms. The molecule has 1 aromatic carbocycles. The molecular formula is C16H17IN2O3S. The topological polar surface area (TPSA) is 68.2 Å². The highest BCUT2D eigenvalue weighted by Gasteiger charge is 2.28. The molecular weight excluding hydrogens is 427 g/mol. The zero-order valence-corrected chi connectivity index (χ0v) is 15.4. The molecule has 1 N–H and O–H groups in total. The van der Waals surface area contributed by atoms with Crippen LogP contribution in [0.4, 0.5) is 0 Å². The van der Waals surface area contributed by atoms with E-state index in [1.807, 2.05) is 41.1 Å². The molecule has 1 unspecified atom stereocenters. The highest BCUT2D eigenvalue weighted by molar-refractivity contribution is 14.1. The fourth-order valence-electron chi connectivity index (χ4n) is 2.78. The number of nitrogens with one attached hydrogen (secondary N) is 1. The number of halogens is 1. The zero-order chi connectivity index (χ0) is 16.4. The third kappa shape index (κ3) is 3.95. The number of amides is 1. The molecule has 0 saturated carbocycles. The Morgan fingerprint density at radius 1 is 1.30 bits per heavy atom. The van der Waals surface area contributed by atoms with Crippen LogP contribution in [0.5, 0.6) is 0 Å². The Hall–Kier alpha value is -1.35. The van der Waals surface area contributed by atoms with Gasteiger partial charge in [-0.05, 0) is 65.3 Å². The van der Waals surface area contributed by atoms with E-state index < -0.39 is 9.84 Å². The SMILES string of the molecule is O=C(NCC1CCS(=O)(=O)C1)c1cccn1-c1cccc(I)c1. The predicted molar refractivity (Wildman–Crippen MR) is 97.6 cm³/mol. The van der Waals surface area contributed by atoms with E-state index in [1.165, 1.54) is 0 Å². The maximum absolute atomic E-state index is 12.4. The molecule has 0 radical (unpaired) electrons. The lowest BCUT2D eigenvalue weighted by molar-refractivity contribution is 0.0941. The average molecular weight is 444 g/mol. The van der Waals surface area contributed by atoms with E-state index in [0.717, 1.165) is 9.26 Å². The van der Waals surface area contributed by atoms with Crippen molar-refractivity contribution < 1.29 is 13.2 Å². The molecule has 7 heteroatoms. The van der Waals surface area contributed by atoms with Crippen LogP contribution in [0.15, 0.2) is 42.6 Å². The predicted octanol–water partition coefficient (Wildman–Crippen LogP) is 2.25. The van der Waals surface area contributed by atoms with Crippen LogP contribution in [0, 0.1) is 9.49 Å². The van der Waals surface area contributed by atoms with Gasteiger partial charge in [0.15, 0.2) is 9.84 Å². The van der Waals surface area contributed by atoms with E-state index in [0.29, 0.717) is 18.7 Å². The molecule has 0 spiro atoms. The number of nitrogens with zero attached hydrogens (tertiary/aromatic N) is 1. The van der Waals surface area contributed by atoms with Gasteiger partial charge in [-0.2, -0.15) is 0 Å². The van der Waals surface area contributed by atoms with Crippen molar-refractivity contribution in [2.75, 3.05) is 18.1 Å². The van der Waals surface area contributed by atoms with E-state index in [2.05, 4.69) is 27.9 Å².